The Hall–Kier alpha value is -3.35. The van der Waals surface area contributed by atoms with Crippen molar-refractivity contribution in [2.24, 2.45) is 0 Å². The quantitative estimate of drug-likeness (QED) is 0.744. The number of likely N-dealkylation sites (tertiary alicyclic amines) is 1. The zero-order chi connectivity index (χ0) is 23.7. The van der Waals surface area contributed by atoms with E-state index in [1.165, 1.54) is 0 Å². The monoisotopic (exact) mass is 460 g/mol. The number of aryl methyl sites for hydroxylation is 1. The molecule has 0 radical (unpaired) electrons. The molecule has 2 aromatic rings. The minimum absolute atomic E-state index is 0.00234. The lowest BCUT2D eigenvalue weighted by atomic mass is 9.95. The highest BCUT2D eigenvalue weighted by Gasteiger charge is 2.40. The van der Waals surface area contributed by atoms with Gasteiger partial charge in [0.2, 0.25) is 11.8 Å². The van der Waals surface area contributed by atoms with E-state index in [1.54, 1.807) is 4.90 Å². The molecule has 0 aromatic heterocycles. The molecule has 2 fully saturated rings. The molecule has 0 spiro atoms. The predicted octanol–water partition coefficient (Wildman–Crippen LogP) is 3.25. The molecule has 34 heavy (non-hydrogen) atoms. The van der Waals surface area contributed by atoms with Gasteiger partial charge >= 0.3 is 0 Å². The van der Waals surface area contributed by atoms with E-state index < -0.39 is 0 Å². The first-order valence-corrected chi connectivity index (χ1v) is 12.4. The van der Waals surface area contributed by atoms with Crippen LogP contribution in [0.5, 0.6) is 0 Å². The molecule has 1 N–H and O–H groups in total. The van der Waals surface area contributed by atoms with Crippen LogP contribution in [0.25, 0.3) is 0 Å². The Balaban J connectivity index is 1.41. The van der Waals surface area contributed by atoms with Crippen LogP contribution in [0.1, 0.15) is 53.6 Å². The SMILES string of the molecule is Cc1ccccc1CNC(=O)CN1C(=O)[C@@H]2CCCCN2c2ccc(C(=O)N3CCCC3)cc21. The number of anilines is 2. The summed E-state index contributed by atoms with van der Waals surface area (Å²) >= 11 is 0. The Labute approximate surface area is 200 Å². The Morgan fingerprint density at radius 3 is 2.53 bits per heavy atom. The molecule has 0 aliphatic carbocycles. The molecular formula is C27H32N4O3. The summed E-state index contributed by atoms with van der Waals surface area (Å²) in [7, 11) is 0. The summed E-state index contributed by atoms with van der Waals surface area (Å²) in [4.78, 5) is 45.1. The maximum atomic E-state index is 13.5. The van der Waals surface area contributed by atoms with Gasteiger partial charge in [-0.1, -0.05) is 24.3 Å². The van der Waals surface area contributed by atoms with Gasteiger partial charge in [0, 0.05) is 31.7 Å². The van der Waals surface area contributed by atoms with Gasteiger partial charge in [0.15, 0.2) is 0 Å². The molecule has 3 aliphatic heterocycles. The number of nitrogens with one attached hydrogen (secondary N) is 1. The van der Waals surface area contributed by atoms with Gasteiger partial charge in [-0.2, -0.15) is 0 Å². The minimum atomic E-state index is -0.245. The van der Waals surface area contributed by atoms with Crippen LogP contribution >= 0.6 is 0 Å². The molecule has 0 bridgehead atoms. The van der Waals surface area contributed by atoms with Gasteiger partial charge in [0.05, 0.1) is 11.4 Å². The van der Waals surface area contributed by atoms with Crippen LogP contribution in [0.2, 0.25) is 0 Å². The van der Waals surface area contributed by atoms with Crippen LogP contribution in [0.3, 0.4) is 0 Å². The van der Waals surface area contributed by atoms with Gasteiger partial charge in [0.25, 0.3) is 5.91 Å². The first-order chi connectivity index (χ1) is 16.5. The van der Waals surface area contributed by atoms with Crippen molar-refractivity contribution in [2.75, 3.05) is 36.0 Å². The largest absolute Gasteiger partial charge is 0.358 e. The Bertz CT molecular complexity index is 1110. The lowest BCUT2D eigenvalue weighted by Crippen LogP contribution is -2.57. The fraction of sp³-hybridized carbons (Fsp3) is 0.444. The number of carbonyl (C=O) groups is 3. The van der Waals surface area contributed by atoms with E-state index >= 15 is 0 Å². The molecular weight excluding hydrogens is 428 g/mol. The summed E-state index contributed by atoms with van der Waals surface area (Å²) in [6.45, 7) is 4.74. The van der Waals surface area contributed by atoms with E-state index in [2.05, 4.69) is 10.2 Å². The number of amides is 3. The molecule has 7 nitrogen and oxygen atoms in total. The van der Waals surface area contributed by atoms with Crippen LogP contribution in [-0.2, 0) is 16.1 Å². The van der Waals surface area contributed by atoms with E-state index in [1.807, 2.05) is 54.3 Å². The van der Waals surface area contributed by atoms with Crippen LogP contribution in [0.4, 0.5) is 11.4 Å². The Kier molecular flexibility index (Phi) is 6.26. The average molecular weight is 461 g/mol. The molecule has 2 saturated heterocycles. The number of nitrogens with zero attached hydrogens (tertiary/aromatic N) is 3. The molecule has 3 aliphatic rings. The standard InChI is InChI=1S/C27H32N4O3/c1-19-8-2-3-9-21(19)17-28-25(32)18-31-24-16-20(26(33)29-13-6-7-14-29)11-12-22(24)30-15-5-4-10-23(30)27(31)34/h2-3,8-9,11-12,16,23H,4-7,10,13-15,17-18H2,1H3,(H,28,32)/t23-/m0/s1. The number of benzene rings is 2. The third kappa shape index (κ3) is 4.27. The van der Waals surface area contributed by atoms with Gasteiger partial charge in [-0.15, -0.1) is 0 Å². The second-order valence-electron chi connectivity index (χ2n) is 9.54. The number of fused-ring (bicyclic) bond motifs is 3. The third-order valence-electron chi connectivity index (χ3n) is 7.31. The zero-order valence-electron chi connectivity index (χ0n) is 19.8. The van der Waals surface area contributed by atoms with Crippen LogP contribution < -0.4 is 15.1 Å². The van der Waals surface area contributed by atoms with Crippen LogP contribution in [0, 0.1) is 6.92 Å². The lowest BCUT2D eigenvalue weighted by molar-refractivity contribution is -0.125. The summed E-state index contributed by atoms with van der Waals surface area (Å²) in [5.41, 5.74) is 4.35. The van der Waals surface area contributed by atoms with Crippen molar-refractivity contribution in [3.05, 3.63) is 59.2 Å². The molecule has 7 heteroatoms. The van der Waals surface area contributed by atoms with Gasteiger partial charge in [0.1, 0.15) is 12.6 Å². The first kappa shape index (κ1) is 22.4. The van der Waals surface area contributed by atoms with Gasteiger partial charge < -0.3 is 15.1 Å². The highest BCUT2D eigenvalue weighted by Crippen LogP contribution is 2.40. The molecule has 3 amide bonds. The zero-order valence-corrected chi connectivity index (χ0v) is 19.8. The maximum Gasteiger partial charge on any atom is 0.253 e. The molecule has 2 aromatic carbocycles. The summed E-state index contributed by atoms with van der Waals surface area (Å²) in [5.74, 6) is -0.260. The average Bonchev–Trinajstić information content (AvgIpc) is 3.40. The lowest BCUT2D eigenvalue weighted by Gasteiger charge is -2.45. The van der Waals surface area contributed by atoms with Crippen molar-refractivity contribution in [3.63, 3.8) is 0 Å². The van der Waals surface area contributed by atoms with Gasteiger partial charge in [-0.25, -0.2) is 0 Å². The summed E-state index contributed by atoms with van der Waals surface area (Å²) < 4.78 is 0. The molecule has 1 atom stereocenters. The van der Waals surface area contributed by atoms with Crippen molar-refractivity contribution >= 4 is 29.1 Å². The van der Waals surface area contributed by atoms with Crippen molar-refractivity contribution < 1.29 is 14.4 Å². The fourth-order valence-corrected chi connectivity index (χ4v) is 5.36. The minimum Gasteiger partial charge on any atom is -0.358 e. The van der Waals surface area contributed by atoms with Gasteiger partial charge in [-0.3, -0.25) is 19.3 Å². The number of piperidine rings is 1. The maximum absolute atomic E-state index is 13.5. The number of carbonyl (C=O) groups excluding carboxylic acids is 3. The Morgan fingerprint density at radius 2 is 1.74 bits per heavy atom. The van der Waals surface area contributed by atoms with E-state index in [4.69, 9.17) is 0 Å². The van der Waals surface area contributed by atoms with Gasteiger partial charge in [-0.05, 0) is 68.4 Å². The summed E-state index contributed by atoms with van der Waals surface area (Å²) in [5, 5.41) is 2.97. The van der Waals surface area contributed by atoms with E-state index in [-0.39, 0.29) is 30.3 Å². The van der Waals surface area contributed by atoms with Crippen LogP contribution in [0.15, 0.2) is 42.5 Å². The fourth-order valence-electron chi connectivity index (χ4n) is 5.36. The van der Waals surface area contributed by atoms with Crippen molar-refractivity contribution in [1.82, 2.24) is 10.2 Å². The summed E-state index contributed by atoms with van der Waals surface area (Å²) in [6.07, 6.45) is 4.87. The summed E-state index contributed by atoms with van der Waals surface area (Å²) in [6, 6.07) is 13.3. The molecule has 178 valence electrons. The third-order valence-corrected chi connectivity index (χ3v) is 7.31. The van der Waals surface area contributed by atoms with E-state index in [9.17, 15) is 14.4 Å². The van der Waals surface area contributed by atoms with Crippen LogP contribution in [-0.4, -0.2) is 54.8 Å². The highest BCUT2D eigenvalue weighted by molar-refractivity contribution is 6.09. The number of hydrogen-bond acceptors (Lipinski definition) is 4. The second-order valence-corrected chi connectivity index (χ2v) is 9.54. The Morgan fingerprint density at radius 1 is 0.971 bits per heavy atom. The molecule has 3 heterocycles. The molecule has 0 unspecified atom stereocenters. The smallest absolute Gasteiger partial charge is 0.253 e. The molecule has 5 rings (SSSR count). The van der Waals surface area contributed by atoms with Crippen molar-refractivity contribution in [1.29, 1.82) is 0 Å². The van der Waals surface area contributed by atoms with E-state index in [0.717, 1.165) is 68.6 Å². The highest BCUT2D eigenvalue weighted by atomic mass is 16.2. The normalized spacial score (nSPS) is 19.6. The van der Waals surface area contributed by atoms with Crippen molar-refractivity contribution in [3.8, 4) is 0 Å². The predicted molar refractivity (Wildman–Crippen MR) is 132 cm³/mol. The van der Waals surface area contributed by atoms with Crippen molar-refractivity contribution in [2.45, 2.75) is 51.6 Å². The van der Waals surface area contributed by atoms with E-state index in [0.29, 0.717) is 17.8 Å². The number of rotatable bonds is 5. The second kappa shape index (κ2) is 9.49. The topological polar surface area (TPSA) is 73.0 Å². The molecule has 0 saturated carbocycles. The first-order valence-electron chi connectivity index (χ1n) is 12.4. The number of hydrogen-bond donors (Lipinski definition) is 1.